The van der Waals surface area contributed by atoms with E-state index >= 15 is 0 Å². The van der Waals surface area contributed by atoms with Crippen molar-refractivity contribution in [1.82, 2.24) is 9.80 Å². The Morgan fingerprint density at radius 1 is 1.00 bits per heavy atom. The Hall–Kier alpha value is -0.160. The first-order valence-electron chi connectivity index (χ1n) is 8.18. The lowest BCUT2D eigenvalue weighted by atomic mass is 10.0. The molecule has 0 aromatic heterocycles. The van der Waals surface area contributed by atoms with Gasteiger partial charge in [0.2, 0.25) is 0 Å². The molecule has 2 unspecified atom stereocenters. The molecule has 0 spiro atoms. The van der Waals surface area contributed by atoms with Crippen LogP contribution in [0.1, 0.15) is 38.5 Å². The molecule has 0 aromatic carbocycles. The van der Waals surface area contributed by atoms with E-state index in [2.05, 4.69) is 9.80 Å². The van der Waals surface area contributed by atoms with E-state index in [1.807, 2.05) is 0 Å². The van der Waals surface area contributed by atoms with Gasteiger partial charge >= 0.3 is 0 Å². The van der Waals surface area contributed by atoms with E-state index in [0.717, 1.165) is 19.2 Å². The zero-order valence-electron chi connectivity index (χ0n) is 12.1. The summed E-state index contributed by atoms with van der Waals surface area (Å²) < 4.78 is 5.85. The van der Waals surface area contributed by atoms with Crippen molar-refractivity contribution in [2.24, 2.45) is 5.73 Å². The fourth-order valence-corrected chi connectivity index (χ4v) is 4.15. The molecule has 0 aromatic rings. The summed E-state index contributed by atoms with van der Waals surface area (Å²) in [5.41, 5.74) is 6.00. The lowest BCUT2D eigenvalue weighted by Gasteiger charge is -2.42. The van der Waals surface area contributed by atoms with Gasteiger partial charge in [0.1, 0.15) is 0 Å². The Bertz CT molecular complexity index is 267. The van der Waals surface area contributed by atoms with Gasteiger partial charge < -0.3 is 10.5 Å². The molecule has 1 saturated carbocycles. The largest absolute Gasteiger partial charge is 0.377 e. The molecule has 2 N–H and O–H groups in total. The number of ether oxygens (including phenoxy) is 1. The molecule has 110 valence electrons. The van der Waals surface area contributed by atoms with Crippen molar-refractivity contribution in [2.75, 3.05) is 39.3 Å². The highest BCUT2D eigenvalue weighted by Gasteiger charge is 2.33. The van der Waals surface area contributed by atoms with Gasteiger partial charge in [-0.25, -0.2) is 0 Å². The SMILES string of the molecule is NCC(C1CCCO1)N1CCN(C2CCCC2)CC1. The molecule has 0 bridgehead atoms. The first kappa shape index (κ1) is 13.8. The molecular formula is C15H29N3O. The smallest absolute Gasteiger partial charge is 0.0743 e. The molecule has 2 heterocycles. The van der Waals surface area contributed by atoms with Crippen LogP contribution in [0.15, 0.2) is 0 Å². The van der Waals surface area contributed by atoms with Gasteiger partial charge in [-0.1, -0.05) is 12.8 Å². The van der Waals surface area contributed by atoms with Gasteiger partial charge in [-0.3, -0.25) is 9.80 Å². The van der Waals surface area contributed by atoms with Crippen molar-refractivity contribution in [3.05, 3.63) is 0 Å². The monoisotopic (exact) mass is 267 g/mol. The third-order valence-electron chi connectivity index (χ3n) is 5.29. The number of hydrogen-bond acceptors (Lipinski definition) is 4. The van der Waals surface area contributed by atoms with Crippen LogP contribution < -0.4 is 5.73 Å². The number of nitrogens with two attached hydrogens (primary N) is 1. The molecular weight excluding hydrogens is 238 g/mol. The van der Waals surface area contributed by atoms with Crippen molar-refractivity contribution < 1.29 is 4.74 Å². The van der Waals surface area contributed by atoms with E-state index < -0.39 is 0 Å². The van der Waals surface area contributed by atoms with Gasteiger partial charge in [0.05, 0.1) is 6.10 Å². The lowest BCUT2D eigenvalue weighted by Crippen LogP contribution is -2.57. The standard InChI is InChI=1S/C15H29N3O/c16-12-14(15-6-3-11-19-15)18-9-7-17(8-10-18)13-4-1-2-5-13/h13-15H,1-12,16H2. The zero-order chi connectivity index (χ0) is 13.1. The molecule has 4 nitrogen and oxygen atoms in total. The maximum absolute atomic E-state index is 6.00. The van der Waals surface area contributed by atoms with E-state index in [4.69, 9.17) is 10.5 Å². The first-order chi connectivity index (χ1) is 9.38. The Morgan fingerprint density at radius 3 is 2.32 bits per heavy atom. The van der Waals surface area contributed by atoms with Crippen LogP contribution in [-0.2, 0) is 4.74 Å². The molecule has 4 heteroatoms. The fourth-order valence-electron chi connectivity index (χ4n) is 4.15. The third kappa shape index (κ3) is 3.13. The summed E-state index contributed by atoms with van der Waals surface area (Å²) >= 11 is 0. The van der Waals surface area contributed by atoms with Crippen molar-refractivity contribution in [1.29, 1.82) is 0 Å². The summed E-state index contributed by atoms with van der Waals surface area (Å²) in [6, 6.07) is 1.33. The molecule has 0 radical (unpaired) electrons. The van der Waals surface area contributed by atoms with Crippen LogP contribution in [-0.4, -0.2) is 67.3 Å². The lowest BCUT2D eigenvalue weighted by molar-refractivity contribution is -0.000825. The molecule has 3 rings (SSSR count). The van der Waals surface area contributed by atoms with Crippen LogP contribution in [0.4, 0.5) is 0 Å². The number of rotatable bonds is 4. The quantitative estimate of drug-likeness (QED) is 0.827. The van der Waals surface area contributed by atoms with Gasteiger partial charge in [-0.05, 0) is 25.7 Å². The van der Waals surface area contributed by atoms with Gasteiger partial charge in [0, 0.05) is 51.4 Å². The second-order valence-electron chi connectivity index (χ2n) is 6.36. The van der Waals surface area contributed by atoms with E-state index in [1.165, 1.54) is 64.7 Å². The van der Waals surface area contributed by atoms with Crippen LogP contribution in [0.2, 0.25) is 0 Å². The molecule has 3 fully saturated rings. The minimum absolute atomic E-state index is 0.392. The van der Waals surface area contributed by atoms with Crippen LogP contribution in [0, 0.1) is 0 Å². The second-order valence-corrected chi connectivity index (χ2v) is 6.36. The van der Waals surface area contributed by atoms with E-state index in [9.17, 15) is 0 Å². The molecule has 0 amide bonds. The highest BCUT2D eigenvalue weighted by molar-refractivity contribution is 4.89. The average molecular weight is 267 g/mol. The van der Waals surface area contributed by atoms with Gasteiger partial charge in [0.15, 0.2) is 0 Å². The Kier molecular flexibility index (Phi) is 4.74. The predicted octanol–water partition coefficient (Wildman–Crippen LogP) is 1.05. The molecule has 19 heavy (non-hydrogen) atoms. The molecule has 3 aliphatic rings. The Labute approximate surface area is 117 Å². The topological polar surface area (TPSA) is 41.7 Å². The molecule has 2 aliphatic heterocycles. The summed E-state index contributed by atoms with van der Waals surface area (Å²) in [6.45, 7) is 6.50. The Balaban J connectivity index is 1.50. The Morgan fingerprint density at radius 2 is 1.74 bits per heavy atom. The molecule has 2 saturated heterocycles. The predicted molar refractivity (Wildman–Crippen MR) is 77.2 cm³/mol. The van der Waals surface area contributed by atoms with Gasteiger partial charge in [-0.2, -0.15) is 0 Å². The maximum atomic E-state index is 6.00. The fraction of sp³-hybridized carbons (Fsp3) is 1.00. The summed E-state index contributed by atoms with van der Waals surface area (Å²) in [6.07, 6.45) is 8.52. The summed E-state index contributed by atoms with van der Waals surface area (Å²) in [5, 5.41) is 0. The summed E-state index contributed by atoms with van der Waals surface area (Å²) in [7, 11) is 0. The van der Waals surface area contributed by atoms with Gasteiger partial charge in [-0.15, -0.1) is 0 Å². The highest BCUT2D eigenvalue weighted by Crippen LogP contribution is 2.26. The van der Waals surface area contributed by atoms with Crippen LogP contribution in [0.25, 0.3) is 0 Å². The van der Waals surface area contributed by atoms with Crippen molar-refractivity contribution in [3.63, 3.8) is 0 Å². The van der Waals surface area contributed by atoms with E-state index in [0.29, 0.717) is 12.1 Å². The summed E-state index contributed by atoms with van der Waals surface area (Å²) in [4.78, 5) is 5.30. The first-order valence-corrected chi connectivity index (χ1v) is 8.18. The number of piperazine rings is 1. The van der Waals surface area contributed by atoms with Crippen molar-refractivity contribution >= 4 is 0 Å². The normalized spacial score (nSPS) is 33.0. The summed E-state index contributed by atoms with van der Waals surface area (Å²) in [5.74, 6) is 0. The van der Waals surface area contributed by atoms with E-state index in [1.54, 1.807) is 0 Å². The maximum Gasteiger partial charge on any atom is 0.0743 e. The van der Waals surface area contributed by atoms with Crippen molar-refractivity contribution in [3.8, 4) is 0 Å². The van der Waals surface area contributed by atoms with Crippen LogP contribution in [0.3, 0.4) is 0 Å². The number of hydrogen-bond donors (Lipinski definition) is 1. The highest BCUT2D eigenvalue weighted by atomic mass is 16.5. The number of nitrogens with zero attached hydrogens (tertiary/aromatic N) is 2. The van der Waals surface area contributed by atoms with Gasteiger partial charge in [0.25, 0.3) is 0 Å². The average Bonchev–Trinajstić information content (AvgIpc) is 3.14. The minimum atomic E-state index is 0.392. The second kappa shape index (κ2) is 6.53. The minimum Gasteiger partial charge on any atom is -0.377 e. The van der Waals surface area contributed by atoms with Crippen molar-refractivity contribution in [2.45, 2.75) is 56.7 Å². The molecule has 1 aliphatic carbocycles. The van der Waals surface area contributed by atoms with E-state index in [-0.39, 0.29) is 0 Å². The van der Waals surface area contributed by atoms with Crippen LogP contribution >= 0.6 is 0 Å². The third-order valence-corrected chi connectivity index (χ3v) is 5.29. The van der Waals surface area contributed by atoms with Crippen LogP contribution in [0.5, 0.6) is 0 Å². The molecule has 2 atom stereocenters. The zero-order valence-corrected chi connectivity index (χ0v) is 12.1.